The zero-order valence-electron chi connectivity index (χ0n) is 12.7. The molecule has 0 heterocycles. The molecule has 0 fully saturated rings. The van der Waals surface area contributed by atoms with Crippen LogP contribution in [0.25, 0.3) is 0 Å². The van der Waals surface area contributed by atoms with Gasteiger partial charge in [-0.2, -0.15) is 0 Å². The van der Waals surface area contributed by atoms with Crippen LogP contribution in [0.4, 0.5) is 0 Å². The topological polar surface area (TPSA) is 9.23 Å². The maximum absolute atomic E-state index is 6.34. The summed E-state index contributed by atoms with van der Waals surface area (Å²) < 4.78 is 6.34. The normalized spacial score (nSPS) is 10.8. The van der Waals surface area contributed by atoms with Crippen molar-refractivity contribution in [1.82, 2.24) is 0 Å². The van der Waals surface area contributed by atoms with Crippen molar-refractivity contribution in [1.29, 1.82) is 0 Å². The summed E-state index contributed by atoms with van der Waals surface area (Å²) in [6.07, 6.45) is 0. The largest absolute Gasteiger partial charge is 0.403 e. The fourth-order valence-electron chi connectivity index (χ4n) is 2.35. The molecule has 0 aliphatic heterocycles. The zero-order chi connectivity index (χ0) is 15.2. The molecule has 0 saturated heterocycles. The lowest BCUT2D eigenvalue weighted by Gasteiger charge is -2.16. The average molecular weight is 303 g/mol. The minimum atomic E-state index is -1.21. The van der Waals surface area contributed by atoms with E-state index in [1.54, 1.807) is 0 Å². The summed E-state index contributed by atoms with van der Waals surface area (Å²) in [4.78, 5) is 0. The van der Waals surface area contributed by atoms with E-state index in [2.05, 4.69) is 79.7 Å². The van der Waals surface area contributed by atoms with Gasteiger partial charge in [0.05, 0.1) is 6.61 Å². The van der Waals surface area contributed by atoms with E-state index in [0.29, 0.717) is 6.61 Å². The molecule has 0 aromatic heterocycles. The zero-order valence-corrected chi connectivity index (χ0v) is 13.7. The van der Waals surface area contributed by atoms with Crippen LogP contribution in [0, 0.1) is 6.92 Å². The van der Waals surface area contributed by atoms with Crippen LogP contribution >= 0.6 is 0 Å². The van der Waals surface area contributed by atoms with Gasteiger partial charge in [-0.1, -0.05) is 90.5 Å². The van der Waals surface area contributed by atoms with E-state index in [1.165, 1.54) is 21.5 Å². The Kier molecular flexibility index (Phi) is 4.84. The van der Waals surface area contributed by atoms with Gasteiger partial charge in [0.1, 0.15) is 0 Å². The lowest BCUT2D eigenvalue weighted by Crippen LogP contribution is -2.44. The molecule has 0 unspecified atom stereocenters. The third-order valence-electron chi connectivity index (χ3n) is 3.58. The van der Waals surface area contributed by atoms with Crippen LogP contribution in [-0.2, 0) is 11.0 Å². The van der Waals surface area contributed by atoms with Crippen molar-refractivity contribution < 1.29 is 4.43 Å². The first-order valence-corrected chi connectivity index (χ1v) is 8.90. The van der Waals surface area contributed by atoms with Crippen molar-refractivity contribution in [2.24, 2.45) is 0 Å². The smallest absolute Gasteiger partial charge is 0.283 e. The van der Waals surface area contributed by atoms with E-state index in [-0.39, 0.29) is 0 Å². The Morgan fingerprint density at radius 1 is 0.682 bits per heavy atom. The van der Waals surface area contributed by atoms with Crippen molar-refractivity contribution >= 4 is 19.4 Å². The number of hydrogen-bond donors (Lipinski definition) is 0. The van der Waals surface area contributed by atoms with Crippen molar-refractivity contribution in [3.63, 3.8) is 0 Å². The van der Waals surface area contributed by atoms with Crippen molar-refractivity contribution in [3.8, 4) is 0 Å². The van der Waals surface area contributed by atoms with Gasteiger partial charge in [-0.25, -0.2) is 0 Å². The SMILES string of the molecule is Cc1ccc(CO[Si](c2ccccc2)c2ccccc2)cc1. The van der Waals surface area contributed by atoms with E-state index in [1.807, 2.05) is 12.1 Å². The van der Waals surface area contributed by atoms with Crippen molar-refractivity contribution in [3.05, 3.63) is 96.1 Å². The first-order valence-electron chi connectivity index (χ1n) is 7.49. The predicted molar refractivity (Wildman–Crippen MR) is 93.9 cm³/mol. The molecule has 2 heteroatoms. The minimum absolute atomic E-state index is 0.651. The summed E-state index contributed by atoms with van der Waals surface area (Å²) in [7, 11) is -1.21. The summed E-state index contributed by atoms with van der Waals surface area (Å²) in [6, 6.07) is 29.6. The minimum Gasteiger partial charge on any atom is -0.403 e. The third kappa shape index (κ3) is 3.73. The molecule has 0 atom stereocenters. The molecular weight excluding hydrogens is 284 g/mol. The lowest BCUT2D eigenvalue weighted by molar-refractivity contribution is 0.321. The van der Waals surface area contributed by atoms with E-state index in [9.17, 15) is 0 Å². The Bertz CT molecular complexity index is 653. The molecule has 0 bridgehead atoms. The van der Waals surface area contributed by atoms with E-state index < -0.39 is 9.04 Å². The molecule has 3 aromatic carbocycles. The molecule has 1 radical (unpaired) electrons. The Morgan fingerprint density at radius 3 is 1.68 bits per heavy atom. The molecule has 0 saturated carbocycles. The Morgan fingerprint density at radius 2 is 1.18 bits per heavy atom. The number of aryl methyl sites for hydroxylation is 1. The van der Waals surface area contributed by atoms with Crippen LogP contribution in [0.2, 0.25) is 0 Å². The molecule has 0 aliphatic carbocycles. The maximum Gasteiger partial charge on any atom is 0.283 e. The quantitative estimate of drug-likeness (QED) is 0.657. The van der Waals surface area contributed by atoms with Gasteiger partial charge in [0.15, 0.2) is 0 Å². The molecule has 3 aromatic rings. The van der Waals surface area contributed by atoms with Crippen molar-refractivity contribution in [2.75, 3.05) is 0 Å². The Labute approximate surface area is 133 Å². The number of hydrogen-bond acceptors (Lipinski definition) is 1. The fraction of sp³-hybridized carbons (Fsp3) is 0.100. The second-order valence-electron chi connectivity index (χ2n) is 5.34. The summed E-state index contributed by atoms with van der Waals surface area (Å²) >= 11 is 0. The molecular formula is C20H19OSi. The lowest BCUT2D eigenvalue weighted by atomic mass is 10.2. The molecule has 22 heavy (non-hydrogen) atoms. The van der Waals surface area contributed by atoms with E-state index >= 15 is 0 Å². The summed E-state index contributed by atoms with van der Waals surface area (Å²) in [5.41, 5.74) is 2.50. The highest BCUT2D eigenvalue weighted by Gasteiger charge is 2.18. The number of benzene rings is 3. The third-order valence-corrected chi connectivity index (χ3v) is 5.72. The molecule has 0 aliphatic rings. The summed E-state index contributed by atoms with van der Waals surface area (Å²) in [5.74, 6) is 0. The van der Waals surface area contributed by atoms with Gasteiger partial charge >= 0.3 is 0 Å². The van der Waals surface area contributed by atoms with E-state index in [4.69, 9.17) is 4.43 Å². The van der Waals surface area contributed by atoms with Crippen LogP contribution < -0.4 is 10.4 Å². The van der Waals surface area contributed by atoms with E-state index in [0.717, 1.165) is 0 Å². The molecule has 0 spiro atoms. The monoisotopic (exact) mass is 303 g/mol. The van der Waals surface area contributed by atoms with Gasteiger partial charge in [-0.15, -0.1) is 0 Å². The van der Waals surface area contributed by atoms with Gasteiger partial charge in [0.2, 0.25) is 0 Å². The Hall–Kier alpha value is -2.16. The molecule has 3 rings (SSSR count). The molecule has 0 N–H and O–H groups in total. The van der Waals surface area contributed by atoms with Crippen LogP contribution in [0.1, 0.15) is 11.1 Å². The van der Waals surface area contributed by atoms with Crippen LogP contribution in [0.3, 0.4) is 0 Å². The highest BCUT2D eigenvalue weighted by molar-refractivity contribution is 6.79. The predicted octanol–water partition coefficient (Wildman–Crippen LogP) is 3.32. The van der Waals surface area contributed by atoms with Crippen LogP contribution in [-0.4, -0.2) is 9.04 Å². The maximum atomic E-state index is 6.34. The number of rotatable bonds is 5. The van der Waals surface area contributed by atoms with Crippen molar-refractivity contribution in [2.45, 2.75) is 13.5 Å². The first kappa shape index (κ1) is 14.8. The van der Waals surface area contributed by atoms with Crippen LogP contribution in [0.15, 0.2) is 84.9 Å². The van der Waals surface area contributed by atoms with Gasteiger partial charge < -0.3 is 4.43 Å². The Balaban J connectivity index is 1.81. The highest BCUT2D eigenvalue weighted by atomic mass is 28.3. The second-order valence-corrected chi connectivity index (χ2v) is 7.44. The molecule has 1 nitrogen and oxygen atoms in total. The second kappa shape index (κ2) is 7.21. The van der Waals surface area contributed by atoms with Gasteiger partial charge in [-0.05, 0) is 22.9 Å². The average Bonchev–Trinajstić information content (AvgIpc) is 2.59. The molecule has 0 amide bonds. The summed E-state index contributed by atoms with van der Waals surface area (Å²) in [5, 5.41) is 2.57. The highest BCUT2D eigenvalue weighted by Crippen LogP contribution is 2.06. The molecule has 109 valence electrons. The fourth-order valence-corrected chi connectivity index (χ4v) is 4.32. The van der Waals surface area contributed by atoms with Gasteiger partial charge in [0, 0.05) is 0 Å². The van der Waals surface area contributed by atoms with Crippen LogP contribution in [0.5, 0.6) is 0 Å². The summed E-state index contributed by atoms with van der Waals surface area (Å²) in [6.45, 7) is 2.76. The first-order chi connectivity index (χ1) is 10.8. The van der Waals surface area contributed by atoms with Gasteiger partial charge in [0.25, 0.3) is 9.04 Å². The van der Waals surface area contributed by atoms with Gasteiger partial charge in [-0.3, -0.25) is 0 Å². The standard InChI is InChI=1S/C20H19OSi/c1-17-12-14-18(15-13-17)16-21-22(19-8-4-2-5-9-19)20-10-6-3-7-11-20/h2-15H,16H2,1H3.